The topological polar surface area (TPSA) is 105 Å². The molecule has 0 radical (unpaired) electrons. The van der Waals surface area contributed by atoms with Gasteiger partial charge in [-0.05, 0) is 6.92 Å². The molecule has 1 fully saturated rings. The average molecular weight is 278 g/mol. The molecule has 4 atom stereocenters. The van der Waals surface area contributed by atoms with E-state index in [1.165, 1.54) is 0 Å². The van der Waals surface area contributed by atoms with E-state index < -0.39 is 47.8 Å². The van der Waals surface area contributed by atoms with Crippen LogP contribution in [0.4, 0.5) is 8.78 Å². The number of nitrogens with one attached hydrogen (secondary N) is 1. The fourth-order valence-electron chi connectivity index (χ4n) is 2.00. The summed E-state index contributed by atoms with van der Waals surface area (Å²) in [4.78, 5) is 24.1. The number of hydrogen-bond donors (Lipinski definition) is 3. The van der Waals surface area contributed by atoms with Gasteiger partial charge in [0.2, 0.25) is 5.82 Å². The first kappa shape index (κ1) is 13.8. The molecular weight excluding hydrogens is 266 g/mol. The number of aromatic nitrogens is 2. The second-order valence-corrected chi connectivity index (χ2v) is 4.45. The van der Waals surface area contributed by atoms with Crippen LogP contribution in [0.25, 0.3) is 0 Å². The van der Waals surface area contributed by atoms with Crippen molar-refractivity contribution < 1.29 is 23.7 Å². The number of aliphatic hydroxyl groups excluding tert-OH is 2. The third-order valence-electron chi connectivity index (χ3n) is 3.07. The summed E-state index contributed by atoms with van der Waals surface area (Å²) in [5, 5.41) is 18.6. The lowest BCUT2D eigenvalue weighted by Gasteiger charge is -2.24. The van der Waals surface area contributed by atoms with E-state index in [1.54, 1.807) is 4.98 Å². The molecule has 2 heterocycles. The van der Waals surface area contributed by atoms with Crippen molar-refractivity contribution in [3.05, 3.63) is 32.9 Å². The van der Waals surface area contributed by atoms with Gasteiger partial charge in [0, 0.05) is 0 Å². The molecule has 0 bridgehead atoms. The second kappa shape index (κ2) is 4.51. The van der Waals surface area contributed by atoms with Gasteiger partial charge in [-0.25, -0.2) is 9.18 Å². The van der Waals surface area contributed by atoms with Gasteiger partial charge in [0.05, 0.1) is 12.8 Å². The number of ether oxygens (including phenoxy) is 1. The van der Waals surface area contributed by atoms with Crippen LogP contribution in [0.15, 0.2) is 15.8 Å². The lowest BCUT2D eigenvalue weighted by Crippen LogP contribution is -2.44. The van der Waals surface area contributed by atoms with Crippen LogP contribution in [0.5, 0.6) is 0 Å². The molecule has 1 aliphatic rings. The third kappa shape index (κ3) is 2.09. The van der Waals surface area contributed by atoms with Crippen LogP contribution in [0, 0.1) is 5.82 Å². The second-order valence-electron chi connectivity index (χ2n) is 4.45. The Morgan fingerprint density at radius 2 is 2.21 bits per heavy atom. The number of aromatic amines is 1. The number of hydrogen-bond acceptors (Lipinski definition) is 5. The molecule has 1 saturated heterocycles. The molecule has 1 aromatic rings. The van der Waals surface area contributed by atoms with Crippen molar-refractivity contribution in [2.45, 2.75) is 31.0 Å². The maximum absolute atomic E-state index is 14.3. The molecule has 3 N–H and O–H groups in total. The molecule has 106 valence electrons. The van der Waals surface area contributed by atoms with E-state index >= 15 is 0 Å². The van der Waals surface area contributed by atoms with Crippen molar-refractivity contribution in [2.75, 3.05) is 6.61 Å². The SMILES string of the molecule is CC1(F)[C@@H](O)[C@@H](CO)O[C@H]1n1cc(F)c(=O)[nH]c1=O. The molecule has 1 aliphatic heterocycles. The van der Waals surface area contributed by atoms with Gasteiger partial charge >= 0.3 is 5.69 Å². The zero-order valence-corrected chi connectivity index (χ0v) is 9.84. The van der Waals surface area contributed by atoms with Crippen molar-refractivity contribution in [1.82, 2.24) is 9.55 Å². The molecule has 0 aliphatic carbocycles. The predicted octanol–water partition coefficient (Wildman–Crippen LogP) is -1.35. The average Bonchev–Trinajstić information content (AvgIpc) is 2.56. The van der Waals surface area contributed by atoms with Gasteiger partial charge in [-0.3, -0.25) is 14.3 Å². The van der Waals surface area contributed by atoms with E-state index in [1.807, 2.05) is 0 Å². The Balaban J connectivity index is 2.51. The van der Waals surface area contributed by atoms with Gasteiger partial charge in [-0.15, -0.1) is 0 Å². The van der Waals surface area contributed by atoms with Crippen LogP contribution in [-0.2, 0) is 4.74 Å². The Hall–Kier alpha value is -1.58. The molecule has 1 unspecified atom stereocenters. The van der Waals surface area contributed by atoms with E-state index in [0.29, 0.717) is 10.8 Å². The molecule has 0 aromatic carbocycles. The summed E-state index contributed by atoms with van der Waals surface area (Å²) in [6.07, 6.45) is -4.10. The molecule has 9 heteroatoms. The van der Waals surface area contributed by atoms with Crippen LogP contribution in [0.1, 0.15) is 13.2 Å². The first-order chi connectivity index (χ1) is 8.78. The molecule has 2 rings (SSSR count). The molecule has 19 heavy (non-hydrogen) atoms. The summed E-state index contributed by atoms with van der Waals surface area (Å²) in [6, 6.07) is 0. The minimum Gasteiger partial charge on any atom is -0.394 e. The maximum Gasteiger partial charge on any atom is 0.330 e. The monoisotopic (exact) mass is 278 g/mol. The number of halogens is 2. The third-order valence-corrected chi connectivity index (χ3v) is 3.07. The fourth-order valence-corrected chi connectivity index (χ4v) is 2.00. The molecule has 0 saturated carbocycles. The normalized spacial score (nSPS) is 34.7. The summed E-state index contributed by atoms with van der Waals surface area (Å²) in [6.45, 7) is 0.283. The smallest absolute Gasteiger partial charge is 0.330 e. The lowest BCUT2D eigenvalue weighted by atomic mass is 9.98. The number of alkyl halides is 1. The zero-order valence-electron chi connectivity index (χ0n) is 9.84. The molecule has 0 spiro atoms. The van der Waals surface area contributed by atoms with Crippen molar-refractivity contribution in [1.29, 1.82) is 0 Å². The highest BCUT2D eigenvalue weighted by Gasteiger charge is 2.55. The number of aliphatic hydroxyl groups is 2. The highest BCUT2D eigenvalue weighted by molar-refractivity contribution is 5.01. The van der Waals surface area contributed by atoms with Crippen LogP contribution in [-0.4, -0.2) is 44.2 Å². The quantitative estimate of drug-likeness (QED) is 0.620. The lowest BCUT2D eigenvalue weighted by molar-refractivity contribution is -0.0616. The minimum absolute atomic E-state index is 0.496. The Labute approximate surface area is 105 Å². The van der Waals surface area contributed by atoms with E-state index in [-0.39, 0.29) is 0 Å². The van der Waals surface area contributed by atoms with Crippen LogP contribution < -0.4 is 11.2 Å². The highest BCUT2D eigenvalue weighted by Crippen LogP contribution is 2.40. The van der Waals surface area contributed by atoms with Gasteiger partial charge in [0.25, 0.3) is 5.56 Å². The van der Waals surface area contributed by atoms with Gasteiger partial charge in [0.1, 0.15) is 12.2 Å². The van der Waals surface area contributed by atoms with Crippen molar-refractivity contribution in [3.63, 3.8) is 0 Å². The van der Waals surface area contributed by atoms with Gasteiger partial charge < -0.3 is 14.9 Å². The maximum atomic E-state index is 14.3. The van der Waals surface area contributed by atoms with Crippen molar-refractivity contribution in [3.8, 4) is 0 Å². The Morgan fingerprint density at radius 3 is 2.74 bits per heavy atom. The standard InChI is InChI=1S/C10H12F2N2O5/c1-10(12)6(16)5(3-15)19-8(10)14-2-4(11)7(17)13-9(14)18/h2,5-6,8,15-16H,3H2,1H3,(H,13,17,18)/t5-,6+,8-,10?/m1/s1. The molecule has 7 nitrogen and oxygen atoms in total. The van der Waals surface area contributed by atoms with Gasteiger partial charge in [-0.2, -0.15) is 4.39 Å². The first-order valence-corrected chi connectivity index (χ1v) is 5.43. The Morgan fingerprint density at radius 1 is 1.58 bits per heavy atom. The predicted molar refractivity (Wildman–Crippen MR) is 57.8 cm³/mol. The zero-order chi connectivity index (χ0) is 14.4. The molecule has 0 amide bonds. The molecule has 1 aromatic heterocycles. The summed E-state index contributed by atoms with van der Waals surface area (Å²) in [5.41, 5.74) is -4.74. The minimum atomic E-state index is -2.43. The highest BCUT2D eigenvalue weighted by atomic mass is 19.1. The van der Waals surface area contributed by atoms with Crippen LogP contribution >= 0.6 is 0 Å². The number of nitrogens with zero attached hydrogens (tertiary/aromatic N) is 1. The summed E-state index contributed by atoms with van der Waals surface area (Å²) in [7, 11) is 0. The summed E-state index contributed by atoms with van der Waals surface area (Å²) in [5.74, 6) is -1.29. The first-order valence-electron chi connectivity index (χ1n) is 5.43. The Bertz CT molecular complexity index is 596. The Kier molecular flexibility index (Phi) is 3.29. The van der Waals surface area contributed by atoms with Crippen LogP contribution in [0.3, 0.4) is 0 Å². The molecular formula is C10H12F2N2O5. The largest absolute Gasteiger partial charge is 0.394 e. The van der Waals surface area contributed by atoms with E-state index in [2.05, 4.69) is 0 Å². The van der Waals surface area contributed by atoms with E-state index in [0.717, 1.165) is 6.92 Å². The summed E-state index contributed by atoms with van der Waals surface area (Å²) >= 11 is 0. The van der Waals surface area contributed by atoms with Crippen molar-refractivity contribution >= 4 is 0 Å². The van der Waals surface area contributed by atoms with E-state index in [4.69, 9.17) is 9.84 Å². The fraction of sp³-hybridized carbons (Fsp3) is 0.600. The summed E-state index contributed by atoms with van der Waals surface area (Å²) < 4.78 is 33.0. The van der Waals surface area contributed by atoms with E-state index in [9.17, 15) is 23.5 Å². The van der Waals surface area contributed by atoms with Gasteiger partial charge in [0.15, 0.2) is 11.9 Å². The van der Waals surface area contributed by atoms with Gasteiger partial charge in [-0.1, -0.05) is 0 Å². The van der Waals surface area contributed by atoms with Crippen LogP contribution in [0.2, 0.25) is 0 Å². The number of rotatable bonds is 2. The number of H-pyrrole nitrogens is 1. The van der Waals surface area contributed by atoms with Crippen molar-refractivity contribution in [2.24, 2.45) is 0 Å².